The van der Waals surface area contributed by atoms with Crippen LogP contribution < -0.4 is 0 Å². The third kappa shape index (κ3) is 3.38. The van der Waals surface area contributed by atoms with Crippen LogP contribution in [0.25, 0.3) is 0 Å². The minimum absolute atomic E-state index is 0.238. The maximum atomic E-state index is 12.4. The fraction of sp³-hybridized carbons (Fsp3) is 0.444. The molecule has 1 aliphatic rings. The Morgan fingerprint density at radius 3 is 2.68 bits per heavy atom. The molecule has 1 aromatic carbocycles. The SMILES string of the molecule is Cc1cccc(CC(=O)N2CCC(c3cc(C)[nH]n3)CC2)c1. The Labute approximate surface area is 131 Å². The fourth-order valence-electron chi connectivity index (χ4n) is 3.18. The first kappa shape index (κ1) is 14.8. The number of benzene rings is 1. The number of hydrogen-bond acceptors (Lipinski definition) is 2. The van der Waals surface area contributed by atoms with Gasteiger partial charge < -0.3 is 4.90 Å². The number of carbonyl (C=O) groups excluding carboxylic acids is 1. The minimum Gasteiger partial charge on any atom is -0.342 e. The third-order valence-electron chi connectivity index (χ3n) is 4.43. The van der Waals surface area contributed by atoms with Crippen LogP contribution in [0.3, 0.4) is 0 Å². The largest absolute Gasteiger partial charge is 0.342 e. The molecular weight excluding hydrogens is 274 g/mol. The van der Waals surface area contributed by atoms with Gasteiger partial charge in [-0.15, -0.1) is 0 Å². The Kier molecular flexibility index (Phi) is 4.27. The van der Waals surface area contributed by atoms with Gasteiger partial charge in [0.25, 0.3) is 0 Å². The van der Waals surface area contributed by atoms with Gasteiger partial charge in [-0.1, -0.05) is 29.8 Å². The quantitative estimate of drug-likeness (QED) is 0.947. The lowest BCUT2D eigenvalue weighted by molar-refractivity contribution is -0.131. The van der Waals surface area contributed by atoms with Crippen molar-refractivity contribution in [2.75, 3.05) is 13.1 Å². The van der Waals surface area contributed by atoms with Crippen LogP contribution in [0.4, 0.5) is 0 Å². The molecule has 0 unspecified atom stereocenters. The van der Waals surface area contributed by atoms with E-state index in [2.05, 4.69) is 35.3 Å². The summed E-state index contributed by atoms with van der Waals surface area (Å²) >= 11 is 0. The van der Waals surface area contributed by atoms with Gasteiger partial charge >= 0.3 is 0 Å². The molecule has 4 nitrogen and oxygen atoms in total. The number of aromatic nitrogens is 2. The number of amides is 1. The van der Waals surface area contributed by atoms with Crippen molar-refractivity contribution in [3.63, 3.8) is 0 Å². The summed E-state index contributed by atoms with van der Waals surface area (Å²) in [6, 6.07) is 10.3. The zero-order valence-corrected chi connectivity index (χ0v) is 13.3. The second-order valence-electron chi connectivity index (χ2n) is 6.30. The molecule has 2 aromatic rings. The first-order valence-corrected chi connectivity index (χ1v) is 7.97. The van der Waals surface area contributed by atoms with E-state index >= 15 is 0 Å². The van der Waals surface area contributed by atoms with Crippen molar-refractivity contribution in [2.45, 2.75) is 39.0 Å². The molecule has 0 bridgehead atoms. The number of aromatic amines is 1. The van der Waals surface area contributed by atoms with Crippen molar-refractivity contribution in [3.8, 4) is 0 Å². The van der Waals surface area contributed by atoms with E-state index in [9.17, 15) is 4.79 Å². The molecule has 4 heteroatoms. The molecule has 1 fully saturated rings. The third-order valence-corrected chi connectivity index (χ3v) is 4.43. The fourth-order valence-corrected chi connectivity index (χ4v) is 3.18. The number of carbonyl (C=O) groups is 1. The zero-order valence-electron chi connectivity index (χ0n) is 13.3. The van der Waals surface area contributed by atoms with Gasteiger partial charge in [0.1, 0.15) is 0 Å². The zero-order chi connectivity index (χ0) is 15.5. The second-order valence-corrected chi connectivity index (χ2v) is 6.30. The van der Waals surface area contributed by atoms with Crippen LogP contribution in [-0.4, -0.2) is 34.1 Å². The van der Waals surface area contributed by atoms with Crippen molar-refractivity contribution in [3.05, 3.63) is 52.8 Å². The van der Waals surface area contributed by atoms with Crippen molar-refractivity contribution in [1.29, 1.82) is 0 Å². The Morgan fingerprint density at radius 2 is 2.05 bits per heavy atom. The van der Waals surface area contributed by atoms with Gasteiger partial charge in [-0.3, -0.25) is 9.89 Å². The molecule has 1 aromatic heterocycles. The summed E-state index contributed by atoms with van der Waals surface area (Å²) in [5, 5.41) is 7.37. The lowest BCUT2D eigenvalue weighted by Gasteiger charge is -2.31. The summed E-state index contributed by atoms with van der Waals surface area (Å²) < 4.78 is 0. The number of hydrogen-bond donors (Lipinski definition) is 1. The lowest BCUT2D eigenvalue weighted by atomic mass is 9.93. The summed E-state index contributed by atoms with van der Waals surface area (Å²) in [7, 11) is 0. The number of rotatable bonds is 3. The first-order valence-electron chi connectivity index (χ1n) is 7.97. The summed E-state index contributed by atoms with van der Waals surface area (Å²) in [5.41, 5.74) is 4.56. The van der Waals surface area contributed by atoms with Crippen molar-refractivity contribution >= 4 is 5.91 Å². The van der Waals surface area contributed by atoms with Crippen LogP contribution in [0, 0.1) is 13.8 Å². The standard InChI is InChI=1S/C18H23N3O/c1-13-4-3-5-15(10-13)12-18(22)21-8-6-16(7-9-21)17-11-14(2)19-20-17/h3-5,10-11,16H,6-9,12H2,1-2H3,(H,19,20). The van der Waals surface area contributed by atoms with Crippen LogP contribution in [0.15, 0.2) is 30.3 Å². The molecular formula is C18H23N3O. The molecule has 2 heterocycles. The second kappa shape index (κ2) is 6.34. The molecule has 0 atom stereocenters. The highest BCUT2D eigenvalue weighted by molar-refractivity contribution is 5.78. The predicted octanol–water partition coefficient (Wildman–Crippen LogP) is 2.98. The highest BCUT2D eigenvalue weighted by atomic mass is 16.2. The summed E-state index contributed by atoms with van der Waals surface area (Å²) in [4.78, 5) is 14.4. The van der Waals surface area contributed by atoms with Crippen LogP contribution in [0.2, 0.25) is 0 Å². The Hall–Kier alpha value is -2.10. The topological polar surface area (TPSA) is 49.0 Å². The molecule has 0 saturated carbocycles. The molecule has 1 amide bonds. The van der Waals surface area contributed by atoms with E-state index in [1.807, 2.05) is 24.0 Å². The van der Waals surface area contributed by atoms with Crippen molar-refractivity contribution in [2.24, 2.45) is 0 Å². The van der Waals surface area contributed by atoms with Gasteiger partial charge in [-0.2, -0.15) is 5.10 Å². The monoisotopic (exact) mass is 297 g/mol. The maximum absolute atomic E-state index is 12.4. The molecule has 1 saturated heterocycles. The number of nitrogens with zero attached hydrogens (tertiary/aromatic N) is 2. The Morgan fingerprint density at radius 1 is 1.27 bits per heavy atom. The maximum Gasteiger partial charge on any atom is 0.226 e. The van der Waals surface area contributed by atoms with Crippen LogP contribution in [0.5, 0.6) is 0 Å². The van der Waals surface area contributed by atoms with E-state index in [0.29, 0.717) is 12.3 Å². The summed E-state index contributed by atoms with van der Waals surface area (Å²) in [6.07, 6.45) is 2.52. The van der Waals surface area contributed by atoms with E-state index in [-0.39, 0.29) is 5.91 Å². The van der Waals surface area contributed by atoms with Crippen molar-refractivity contribution < 1.29 is 4.79 Å². The highest BCUT2D eigenvalue weighted by Crippen LogP contribution is 2.27. The van der Waals surface area contributed by atoms with E-state index in [1.165, 1.54) is 5.56 Å². The molecule has 3 rings (SSSR count). The molecule has 0 aliphatic carbocycles. The average molecular weight is 297 g/mol. The van der Waals surface area contributed by atoms with E-state index < -0.39 is 0 Å². The van der Waals surface area contributed by atoms with Gasteiger partial charge in [0.2, 0.25) is 5.91 Å². The van der Waals surface area contributed by atoms with E-state index in [4.69, 9.17) is 0 Å². The number of likely N-dealkylation sites (tertiary alicyclic amines) is 1. The molecule has 116 valence electrons. The normalized spacial score (nSPS) is 16.0. The molecule has 22 heavy (non-hydrogen) atoms. The van der Waals surface area contributed by atoms with Gasteiger partial charge in [0.05, 0.1) is 12.1 Å². The van der Waals surface area contributed by atoms with Crippen molar-refractivity contribution in [1.82, 2.24) is 15.1 Å². The van der Waals surface area contributed by atoms with Gasteiger partial charge in [0, 0.05) is 24.7 Å². The predicted molar refractivity (Wildman–Crippen MR) is 86.8 cm³/mol. The van der Waals surface area contributed by atoms with Crippen LogP contribution >= 0.6 is 0 Å². The van der Waals surface area contributed by atoms with Crippen LogP contribution in [0.1, 0.15) is 41.3 Å². The van der Waals surface area contributed by atoms with Gasteiger partial charge in [0.15, 0.2) is 0 Å². The molecule has 1 aliphatic heterocycles. The highest BCUT2D eigenvalue weighted by Gasteiger charge is 2.25. The summed E-state index contributed by atoms with van der Waals surface area (Å²) in [5.74, 6) is 0.718. The lowest BCUT2D eigenvalue weighted by Crippen LogP contribution is -2.38. The van der Waals surface area contributed by atoms with Crippen LogP contribution in [-0.2, 0) is 11.2 Å². The number of H-pyrrole nitrogens is 1. The van der Waals surface area contributed by atoms with Gasteiger partial charge in [-0.05, 0) is 38.3 Å². The van der Waals surface area contributed by atoms with E-state index in [0.717, 1.165) is 42.9 Å². The van der Waals surface area contributed by atoms with Gasteiger partial charge in [-0.25, -0.2) is 0 Å². The number of aryl methyl sites for hydroxylation is 2. The Balaban J connectivity index is 1.55. The average Bonchev–Trinajstić information content (AvgIpc) is 2.94. The number of piperidine rings is 1. The number of nitrogens with one attached hydrogen (secondary N) is 1. The molecule has 1 N–H and O–H groups in total. The molecule has 0 spiro atoms. The van der Waals surface area contributed by atoms with E-state index in [1.54, 1.807) is 0 Å². The first-order chi connectivity index (χ1) is 10.6. The smallest absolute Gasteiger partial charge is 0.226 e. The minimum atomic E-state index is 0.238. The summed E-state index contributed by atoms with van der Waals surface area (Å²) in [6.45, 7) is 5.75. The molecule has 0 radical (unpaired) electrons. The Bertz CT molecular complexity index is 654.